The average molecular weight is 170 g/mol. The van der Waals surface area contributed by atoms with Gasteiger partial charge in [-0.1, -0.05) is 12.1 Å². The van der Waals surface area contributed by atoms with Crippen LogP contribution in [0.15, 0.2) is 18.2 Å². The molecule has 0 aromatic heterocycles. The number of halogens is 1. The largest absolute Gasteiger partial charge is 0.493 e. The van der Waals surface area contributed by atoms with Gasteiger partial charge in [0.05, 0.1) is 7.11 Å². The first kappa shape index (κ1) is 9.00. The van der Waals surface area contributed by atoms with Crippen molar-refractivity contribution >= 4 is 0 Å². The predicted octanol–water partition coefficient (Wildman–Crippen LogP) is 1.37. The van der Waals surface area contributed by atoms with Gasteiger partial charge in [-0.15, -0.1) is 0 Å². The summed E-state index contributed by atoms with van der Waals surface area (Å²) in [5.41, 5.74) is 0.694. The molecule has 12 heavy (non-hydrogen) atoms. The Labute approximate surface area is 70.6 Å². The lowest BCUT2D eigenvalue weighted by molar-refractivity contribution is 0.295. The third-order valence-corrected chi connectivity index (χ3v) is 1.63. The van der Waals surface area contributed by atoms with Gasteiger partial charge >= 0.3 is 0 Å². The molecule has 2 nitrogen and oxygen atoms in total. The number of aliphatic hydroxyl groups is 1. The molecule has 66 valence electrons. The first-order valence-electron chi connectivity index (χ1n) is 3.72. The Morgan fingerprint density at radius 3 is 2.83 bits per heavy atom. The van der Waals surface area contributed by atoms with E-state index in [1.54, 1.807) is 12.1 Å². The Balaban J connectivity index is 3.00. The Hall–Kier alpha value is -1.09. The average Bonchev–Trinajstić information content (AvgIpc) is 2.05. The van der Waals surface area contributed by atoms with Crippen molar-refractivity contribution in [1.82, 2.24) is 0 Å². The summed E-state index contributed by atoms with van der Waals surface area (Å²) < 4.78 is 17.8. The minimum atomic E-state index is -0.386. The lowest BCUT2D eigenvalue weighted by Gasteiger charge is -2.07. The maximum absolute atomic E-state index is 13.0. The lowest BCUT2D eigenvalue weighted by atomic mass is 10.1. The summed E-state index contributed by atoms with van der Waals surface area (Å²) in [6, 6.07) is 4.67. The van der Waals surface area contributed by atoms with Gasteiger partial charge in [0.1, 0.15) is 0 Å². The molecule has 0 amide bonds. The van der Waals surface area contributed by atoms with Crippen molar-refractivity contribution in [1.29, 1.82) is 0 Å². The summed E-state index contributed by atoms with van der Waals surface area (Å²) in [5, 5.41) is 8.65. The SMILES string of the molecule is COc1c(F)cccc1CCO. The third kappa shape index (κ3) is 1.74. The molecule has 0 aliphatic rings. The molecule has 0 aliphatic carbocycles. The predicted molar refractivity (Wildman–Crippen MR) is 43.7 cm³/mol. The molecule has 1 aromatic carbocycles. The first-order valence-corrected chi connectivity index (χ1v) is 3.72. The molecule has 0 heterocycles. The van der Waals surface area contributed by atoms with Crippen LogP contribution in [-0.4, -0.2) is 18.8 Å². The van der Waals surface area contributed by atoms with E-state index in [9.17, 15) is 4.39 Å². The second-order valence-electron chi connectivity index (χ2n) is 2.41. The van der Waals surface area contributed by atoms with Crippen LogP contribution in [0.5, 0.6) is 5.75 Å². The van der Waals surface area contributed by atoms with E-state index in [4.69, 9.17) is 9.84 Å². The molecule has 0 saturated heterocycles. The minimum absolute atomic E-state index is 0.000185. The topological polar surface area (TPSA) is 29.5 Å². The van der Waals surface area contributed by atoms with Crippen LogP contribution >= 0.6 is 0 Å². The highest BCUT2D eigenvalue weighted by Gasteiger charge is 2.06. The number of ether oxygens (including phenoxy) is 1. The zero-order valence-electron chi connectivity index (χ0n) is 6.88. The molecule has 0 radical (unpaired) electrons. The van der Waals surface area contributed by atoms with Gasteiger partial charge in [0, 0.05) is 6.61 Å². The Morgan fingerprint density at radius 1 is 1.50 bits per heavy atom. The van der Waals surface area contributed by atoms with Crippen LogP contribution in [0, 0.1) is 5.82 Å². The van der Waals surface area contributed by atoms with Crippen LogP contribution in [0.1, 0.15) is 5.56 Å². The molecule has 0 saturated carbocycles. The van der Waals surface area contributed by atoms with Crippen LogP contribution in [-0.2, 0) is 6.42 Å². The minimum Gasteiger partial charge on any atom is -0.493 e. The van der Waals surface area contributed by atoms with E-state index in [0.717, 1.165) is 0 Å². The van der Waals surface area contributed by atoms with E-state index in [1.807, 2.05) is 0 Å². The number of hydrogen-bond acceptors (Lipinski definition) is 2. The van der Waals surface area contributed by atoms with E-state index in [1.165, 1.54) is 13.2 Å². The van der Waals surface area contributed by atoms with Crippen molar-refractivity contribution in [3.63, 3.8) is 0 Å². The van der Waals surface area contributed by atoms with E-state index in [2.05, 4.69) is 0 Å². The van der Waals surface area contributed by atoms with Crippen LogP contribution in [0.4, 0.5) is 4.39 Å². The third-order valence-electron chi connectivity index (χ3n) is 1.63. The number of para-hydroxylation sites is 1. The lowest BCUT2D eigenvalue weighted by Crippen LogP contribution is -1.97. The highest BCUT2D eigenvalue weighted by molar-refractivity contribution is 5.34. The van der Waals surface area contributed by atoms with Gasteiger partial charge in [-0.2, -0.15) is 0 Å². The molecule has 0 spiro atoms. The molecule has 1 aromatic rings. The zero-order valence-corrected chi connectivity index (χ0v) is 6.88. The second-order valence-corrected chi connectivity index (χ2v) is 2.41. The first-order chi connectivity index (χ1) is 5.79. The molecule has 0 atom stereocenters. The van der Waals surface area contributed by atoms with Gasteiger partial charge in [0.2, 0.25) is 0 Å². The van der Waals surface area contributed by atoms with Crippen LogP contribution < -0.4 is 4.74 Å². The monoisotopic (exact) mass is 170 g/mol. The van der Waals surface area contributed by atoms with Gasteiger partial charge in [-0.05, 0) is 18.1 Å². The molecule has 0 bridgehead atoms. The standard InChI is InChI=1S/C9H11FO2/c1-12-9-7(5-6-11)3-2-4-8(9)10/h2-4,11H,5-6H2,1H3. The number of hydrogen-bond donors (Lipinski definition) is 1. The molecule has 0 fully saturated rings. The fraction of sp³-hybridized carbons (Fsp3) is 0.333. The number of aliphatic hydroxyl groups excluding tert-OH is 1. The van der Waals surface area contributed by atoms with E-state index in [-0.39, 0.29) is 18.2 Å². The van der Waals surface area contributed by atoms with E-state index in [0.29, 0.717) is 12.0 Å². The van der Waals surface area contributed by atoms with Crippen molar-refractivity contribution in [3.8, 4) is 5.75 Å². The van der Waals surface area contributed by atoms with Crippen molar-refractivity contribution in [2.24, 2.45) is 0 Å². The van der Waals surface area contributed by atoms with E-state index < -0.39 is 0 Å². The van der Waals surface area contributed by atoms with Gasteiger partial charge in [0.25, 0.3) is 0 Å². The quantitative estimate of drug-likeness (QED) is 0.742. The molecule has 1 rings (SSSR count). The summed E-state index contributed by atoms with van der Waals surface area (Å²) in [5.74, 6) is -0.157. The smallest absolute Gasteiger partial charge is 0.165 e. The maximum Gasteiger partial charge on any atom is 0.165 e. The Morgan fingerprint density at radius 2 is 2.25 bits per heavy atom. The van der Waals surface area contributed by atoms with Crippen molar-refractivity contribution in [2.75, 3.05) is 13.7 Å². The summed E-state index contributed by atoms with van der Waals surface area (Å²) in [6.45, 7) is -0.000185. The normalized spacial score (nSPS) is 9.92. The van der Waals surface area contributed by atoms with Gasteiger partial charge < -0.3 is 9.84 Å². The van der Waals surface area contributed by atoms with Gasteiger partial charge in [-0.3, -0.25) is 0 Å². The molecule has 3 heteroatoms. The molecule has 1 N–H and O–H groups in total. The fourth-order valence-corrected chi connectivity index (χ4v) is 1.10. The summed E-state index contributed by atoms with van der Waals surface area (Å²) >= 11 is 0. The molecule has 0 unspecified atom stereocenters. The van der Waals surface area contributed by atoms with Gasteiger partial charge in [0.15, 0.2) is 11.6 Å². The highest BCUT2D eigenvalue weighted by atomic mass is 19.1. The second kappa shape index (κ2) is 4.07. The highest BCUT2D eigenvalue weighted by Crippen LogP contribution is 2.22. The number of rotatable bonds is 3. The summed E-state index contributed by atoms with van der Waals surface area (Å²) in [6.07, 6.45) is 0.418. The molecular formula is C9H11FO2. The Bertz CT molecular complexity index is 261. The van der Waals surface area contributed by atoms with Crippen molar-refractivity contribution in [3.05, 3.63) is 29.6 Å². The number of methoxy groups -OCH3 is 1. The summed E-state index contributed by atoms with van der Waals surface area (Å²) in [4.78, 5) is 0. The Kier molecular flexibility index (Phi) is 3.05. The van der Waals surface area contributed by atoms with Crippen LogP contribution in [0.25, 0.3) is 0 Å². The van der Waals surface area contributed by atoms with Crippen LogP contribution in [0.3, 0.4) is 0 Å². The summed E-state index contributed by atoms with van der Waals surface area (Å²) in [7, 11) is 1.42. The molecule has 0 aliphatic heterocycles. The van der Waals surface area contributed by atoms with Gasteiger partial charge in [-0.25, -0.2) is 4.39 Å². The van der Waals surface area contributed by atoms with Crippen LogP contribution in [0.2, 0.25) is 0 Å². The maximum atomic E-state index is 13.0. The molecular weight excluding hydrogens is 159 g/mol. The van der Waals surface area contributed by atoms with Crippen molar-refractivity contribution < 1.29 is 14.2 Å². The van der Waals surface area contributed by atoms with E-state index >= 15 is 0 Å². The fourth-order valence-electron chi connectivity index (χ4n) is 1.10. The van der Waals surface area contributed by atoms with Crippen molar-refractivity contribution in [2.45, 2.75) is 6.42 Å². The zero-order chi connectivity index (χ0) is 8.97. The number of benzene rings is 1.